The lowest BCUT2D eigenvalue weighted by molar-refractivity contribution is 0.0360. The second-order valence-corrected chi connectivity index (χ2v) is 2.34. The van der Waals surface area contributed by atoms with Crippen molar-refractivity contribution in [3.63, 3.8) is 0 Å². The fourth-order valence-electron chi connectivity index (χ4n) is 0.761. The summed E-state index contributed by atoms with van der Waals surface area (Å²) in [6.07, 6.45) is 1.47. The number of pyridine rings is 1. The summed E-state index contributed by atoms with van der Waals surface area (Å²) in [6, 6.07) is 3.09. The Hall–Kier alpha value is -1.33. The van der Waals surface area contributed by atoms with E-state index in [0.717, 1.165) is 0 Å². The number of rotatable bonds is 3. The van der Waals surface area contributed by atoms with E-state index in [1.54, 1.807) is 13.0 Å². The quantitative estimate of drug-likeness (QED) is 0.734. The monoisotopic (exact) mass is 217 g/mol. The third-order valence-corrected chi connectivity index (χ3v) is 1.33. The number of halogens is 1. The number of hydrogen-bond acceptors (Lipinski definition) is 4. The molecular formula is C8H12ClN3O2. The average Bonchev–Trinajstić information content (AvgIpc) is 2.14. The first-order valence-corrected chi connectivity index (χ1v) is 3.87. The van der Waals surface area contributed by atoms with Crippen LogP contribution in [0.15, 0.2) is 18.3 Å². The molecule has 1 rings (SSSR count). The van der Waals surface area contributed by atoms with Crippen molar-refractivity contribution < 1.29 is 9.63 Å². The zero-order valence-corrected chi connectivity index (χ0v) is 8.50. The van der Waals surface area contributed by atoms with E-state index in [-0.39, 0.29) is 18.1 Å². The van der Waals surface area contributed by atoms with Crippen LogP contribution in [0, 0.1) is 0 Å². The highest BCUT2D eigenvalue weighted by Gasteiger charge is 2.05. The minimum absolute atomic E-state index is 0. The summed E-state index contributed by atoms with van der Waals surface area (Å²) in [7, 11) is 0. The van der Waals surface area contributed by atoms with Crippen molar-refractivity contribution in [1.29, 1.82) is 0 Å². The van der Waals surface area contributed by atoms with Crippen LogP contribution in [0.25, 0.3) is 0 Å². The molecule has 3 N–H and O–H groups in total. The number of carbonyl (C=O) groups excluding carboxylic acids is 1. The second-order valence-electron chi connectivity index (χ2n) is 2.34. The number of nitrogens with one attached hydrogen (secondary N) is 1. The Balaban J connectivity index is 0.00000169. The molecule has 0 saturated heterocycles. The number of nitrogens with two attached hydrogens (primary N) is 1. The molecule has 14 heavy (non-hydrogen) atoms. The highest BCUT2D eigenvalue weighted by molar-refractivity contribution is 5.92. The molecule has 0 atom stereocenters. The molecule has 1 heterocycles. The summed E-state index contributed by atoms with van der Waals surface area (Å²) in [5.74, 6) is -0.394. The van der Waals surface area contributed by atoms with E-state index in [0.29, 0.717) is 12.3 Å². The smallest absolute Gasteiger partial charge is 0.293 e. The number of nitrogens with zero attached hydrogens (tertiary/aromatic N) is 1. The van der Waals surface area contributed by atoms with Gasteiger partial charge in [0.05, 0.1) is 6.61 Å². The summed E-state index contributed by atoms with van der Waals surface area (Å²) in [5.41, 5.74) is 8.42. The van der Waals surface area contributed by atoms with E-state index >= 15 is 0 Å². The lowest BCUT2D eigenvalue weighted by Gasteiger charge is -2.02. The number of nitrogen functional groups attached to an aromatic ring is 1. The Kier molecular flexibility index (Phi) is 5.59. The first-order valence-electron chi connectivity index (χ1n) is 3.87. The van der Waals surface area contributed by atoms with Crippen molar-refractivity contribution in [3.05, 3.63) is 24.0 Å². The summed E-state index contributed by atoms with van der Waals surface area (Å²) in [5, 5.41) is 0. The van der Waals surface area contributed by atoms with Gasteiger partial charge in [0, 0.05) is 11.9 Å². The maximum Gasteiger partial charge on any atom is 0.293 e. The Bertz CT molecular complexity index is 306. The zero-order valence-electron chi connectivity index (χ0n) is 7.69. The van der Waals surface area contributed by atoms with Crippen LogP contribution in [0.2, 0.25) is 0 Å². The number of hydrogen-bond donors (Lipinski definition) is 2. The molecule has 1 amide bonds. The van der Waals surface area contributed by atoms with Gasteiger partial charge >= 0.3 is 0 Å². The van der Waals surface area contributed by atoms with Gasteiger partial charge in [-0.25, -0.2) is 5.48 Å². The Morgan fingerprint density at radius 1 is 1.71 bits per heavy atom. The molecule has 5 nitrogen and oxygen atoms in total. The largest absolute Gasteiger partial charge is 0.399 e. The van der Waals surface area contributed by atoms with E-state index in [1.165, 1.54) is 12.3 Å². The number of aromatic nitrogens is 1. The lowest BCUT2D eigenvalue weighted by atomic mass is 10.3. The average molecular weight is 218 g/mol. The fraction of sp³-hybridized carbons (Fsp3) is 0.250. The molecule has 0 aliphatic carbocycles. The fourth-order valence-corrected chi connectivity index (χ4v) is 0.761. The minimum atomic E-state index is -0.394. The molecule has 0 aliphatic heterocycles. The Morgan fingerprint density at radius 2 is 2.43 bits per heavy atom. The maximum atomic E-state index is 11.2. The van der Waals surface area contributed by atoms with E-state index in [2.05, 4.69) is 10.5 Å². The molecule has 6 heteroatoms. The van der Waals surface area contributed by atoms with Gasteiger partial charge in [0.1, 0.15) is 5.69 Å². The minimum Gasteiger partial charge on any atom is -0.399 e. The van der Waals surface area contributed by atoms with Crippen LogP contribution in [-0.4, -0.2) is 17.5 Å². The van der Waals surface area contributed by atoms with Crippen molar-refractivity contribution >= 4 is 24.0 Å². The van der Waals surface area contributed by atoms with Crippen molar-refractivity contribution in [3.8, 4) is 0 Å². The Morgan fingerprint density at radius 3 is 3.00 bits per heavy atom. The van der Waals surface area contributed by atoms with Gasteiger partial charge in [0.2, 0.25) is 0 Å². The molecule has 0 radical (unpaired) electrons. The molecule has 0 unspecified atom stereocenters. The topological polar surface area (TPSA) is 77.2 Å². The van der Waals surface area contributed by atoms with Crippen LogP contribution in [0.5, 0.6) is 0 Å². The second kappa shape index (κ2) is 6.17. The van der Waals surface area contributed by atoms with E-state index in [4.69, 9.17) is 10.6 Å². The van der Waals surface area contributed by atoms with Crippen LogP contribution in [0.1, 0.15) is 17.4 Å². The molecule has 0 bridgehead atoms. The van der Waals surface area contributed by atoms with Crippen LogP contribution in [0.3, 0.4) is 0 Å². The van der Waals surface area contributed by atoms with Gasteiger partial charge in [-0.2, -0.15) is 0 Å². The number of anilines is 1. The van der Waals surface area contributed by atoms with Gasteiger partial charge in [0.15, 0.2) is 0 Å². The lowest BCUT2D eigenvalue weighted by Crippen LogP contribution is -2.24. The predicted octanol–water partition coefficient (Wildman–Crippen LogP) is 0.767. The summed E-state index contributed by atoms with van der Waals surface area (Å²) in [6.45, 7) is 2.18. The van der Waals surface area contributed by atoms with Crippen LogP contribution in [-0.2, 0) is 4.84 Å². The number of amides is 1. The SMILES string of the molecule is CCONC(=O)c1cc(N)ccn1.Cl. The number of hydroxylamine groups is 1. The number of carbonyl (C=O) groups is 1. The van der Waals surface area contributed by atoms with E-state index in [9.17, 15) is 4.79 Å². The molecule has 1 aromatic heterocycles. The van der Waals surface area contributed by atoms with Crippen molar-refractivity contribution in [2.24, 2.45) is 0 Å². The predicted molar refractivity (Wildman–Crippen MR) is 55.0 cm³/mol. The molecule has 1 aromatic rings. The van der Waals surface area contributed by atoms with Gasteiger partial charge in [-0.3, -0.25) is 14.6 Å². The van der Waals surface area contributed by atoms with Crippen LogP contribution >= 0.6 is 12.4 Å². The van der Waals surface area contributed by atoms with Crippen LogP contribution in [0.4, 0.5) is 5.69 Å². The first kappa shape index (κ1) is 12.7. The summed E-state index contributed by atoms with van der Waals surface area (Å²) >= 11 is 0. The third kappa shape index (κ3) is 3.59. The zero-order chi connectivity index (χ0) is 9.68. The Labute approximate surface area is 88.0 Å². The van der Waals surface area contributed by atoms with Crippen molar-refractivity contribution in [2.45, 2.75) is 6.92 Å². The molecule has 0 spiro atoms. The van der Waals surface area contributed by atoms with Crippen molar-refractivity contribution in [1.82, 2.24) is 10.5 Å². The normalized spacial score (nSPS) is 8.93. The van der Waals surface area contributed by atoms with Gasteiger partial charge in [0.25, 0.3) is 5.91 Å². The first-order chi connectivity index (χ1) is 6.24. The molecule has 0 aliphatic rings. The standard InChI is InChI=1S/C8H11N3O2.ClH/c1-2-13-11-8(12)7-5-6(9)3-4-10-7;/h3-5H,2H2,1H3,(H2,9,10)(H,11,12);1H. The molecule has 78 valence electrons. The van der Waals surface area contributed by atoms with Crippen LogP contribution < -0.4 is 11.2 Å². The van der Waals surface area contributed by atoms with Gasteiger partial charge < -0.3 is 5.73 Å². The van der Waals surface area contributed by atoms with Crippen molar-refractivity contribution in [2.75, 3.05) is 12.3 Å². The highest BCUT2D eigenvalue weighted by atomic mass is 35.5. The van der Waals surface area contributed by atoms with Gasteiger partial charge in [-0.15, -0.1) is 12.4 Å². The molecule has 0 fully saturated rings. The third-order valence-electron chi connectivity index (χ3n) is 1.33. The summed E-state index contributed by atoms with van der Waals surface area (Å²) < 4.78 is 0. The maximum absolute atomic E-state index is 11.2. The highest BCUT2D eigenvalue weighted by Crippen LogP contribution is 2.02. The van der Waals surface area contributed by atoms with E-state index < -0.39 is 5.91 Å². The molecule has 0 saturated carbocycles. The summed E-state index contributed by atoms with van der Waals surface area (Å²) in [4.78, 5) is 19.7. The van der Waals surface area contributed by atoms with Gasteiger partial charge in [-0.1, -0.05) is 0 Å². The molecular weight excluding hydrogens is 206 g/mol. The van der Waals surface area contributed by atoms with E-state index in [1.807, 2.05) is 0 Å². The van der Waals surface area contributed by atoms with Gasteiger partial charge in [-0.05, 0) is 19.1 Å². The molecule has 0 aromatic carbocycles.